The Morgan fingerprint density at radius 2 is 1.71 bits per heavy atom. The van der Waals surface area contributed by atoms with Gasteiger partial charge < -0.3 is 10.5 Å². The molecular formula is C9H20Cl2N2O. The molecule has 0 spiro atoms. The fourth-order valence-electron chi connectivity index (χ4n) is 2.20. The molecule has 0 radical (unpaired) electrons. The minimum atomic E-state index is 0. The smallest absolute Gasteiger partial charge is 0.0480 e. The second-order valence-electron chi connectivity index (χ2n) is 3.89. The van der Waals surface area contributed by atoms with Crippen LogP contribution in [0.5, 0.6) is 0 Å². The van der Waals surface area contributed by atoms with Crippen LogP contribution in [0.4, 0.5) is 0 Å². The molecule has 86 valence electrons. The van der Waals surface area contributed by atoms with Gasteiger partial charge in [0.15, 0.2) is 0 Å². The zero-order valence-corrected chi connectivity index (χ0v) is 9.99. The summed E-state index contributed by atoms with van der Waals surface area (Å²) in [6.45, 7) is 4.18. The fourth-order valence-corrected chi connectivity index (χ4v) is 2.20. The summed E-state index contributed by atoms with van der Waals surface area (Å²) in [6.07, 6.45) is 3.58. The Kier molecular flexibility index (Phi) is 7.08. The monoisotopic (exact) mass is 242 g/mol. The molecule has 0 aromatic rings. The van der Waals surface area contributed by atoms with Gasteiger partial charge in [-0.2, -0.15) is 0 Å². The van der Waals surface area contributed by atoms with Gasteiger partial charge in [-0.15, -0.1) is 24.8 Å². The molecule has 2 saturated heterocycles. The quantitative estimate of drug-likeness (QED) is 0.748. The van der Waals surface area contributed by atoms with Crippen LogP contribution < -0.4 is 5.73 Å². The predicted molar refractivity (Wildman–Crippen MR) is 62.5 cm³/mol. The number of likely N-dealkylation sites (tertiary alicyclic amines) is 1. The lowest BCUT2D eigenvalue weighted by molar-refractivity contribution is 0.0420. The molecule has 2 aliphatic heterocycles. The summed E-state index contributed by atoms with van der Waals surface area (Å²) < 4.78 is 5.33. The molecule has 14 heavy (non-hydrogen) atoms. The highest BCUT2D eigenvalue weighted by Gasteiger charge is 2.27. The lowest BCUT2D eigenvalue weighted by atomic mass is 10.1. The topological polar surface area (TPSA) is 38.5 Å². The minimum Gasteiger partial charge on any atom is -0.381 e. The third-order valence-corrected chi connectivity index (χ3v) is 2.96. The first kappa shape index (κ1) is 14.5. The lowest BCUT2D eigenvalue weighted by Crippen LogP contribution is -2.39. The number of nitrogens with zero attached hydrogens (tertiary/aromatic N) is 1. The second-order valence-corrected chi connectivity index (χ2v) is 3.89. The van der Waals surface area contributed by atoms with Gasteiger partial charge in [0.2, 0.25) is 0 Å². The van der Waals surface area contributed by atoms with E-state index in [-0.39, 0.29) is 24.8 Å². The summed E-state index contributed by atoms with van der Waals surface area (Å²) in [6, 6.07) is 1.18. The van der Waals surface area contributed by atoms with E-state index in [1.54, 1.807) is 0 Å². The minimum absolute atomic E-state index is 0. The molecule has 2 N–H and O–H groups in total. The molecule has 1 unspecified atom stereocenters. The van der Waals surface area contributed by atoms with E-state index >= 15 is 0 Å². The van der Waals surface area contributed by atoms with Crippen molar-refractivity contribution in [3.8, 4) is 0 Å². The van der Waals surface area contributed by atoms with Gasteiger partial charge in [-0.1, -0.05) is 0 Å². The van der Waals surface area contributed by atoms with Crippen molar-refractivity contribution in [2.24, 2.45) is 5.73 Å². The maximum Gasteiger partial charge on any atom is 0.0480 e. The summed E-state index contributed by atoms with van der Waals surface area (Å²) >= 11 is 0. The van der Waals surface area contributed by atoms with E-state index in [0.29, 0.717) is 6.04 Å². The van der Waals surface area contributed by atoms with E-state index in [9.17, 15) is 0 Å². The molecule has 0 amide bonds. The lowest BCUT2D eigenvalue weighted by Gasteiger charge is -2.30. The van der Waals surface area contributed by atoms with Crippen LogP contribution in [0.15, 0.2) is 0 Å². The van der Waals surface area contributed by atoms with Gasteiger partial charge in [-0.05, 0) is 19.3 Å². The first-order chi connectivity index (χ1) is 5.86. The second kappa shape index (κ2) is 6.85. The van der Waals surface area contributed by atoms with Crippen molar-refractivity contribution in [3.63, 3.8) is 0 Å². The molecule has 0 aromatic carbocycles. The van der Waals surface area contributed by atoms with Gasteiger partial charge in [0.05, 0.1) is 0 Å². The van der Waals surface area contributed by atoms with Gasteiger partial charge in [0.25, 0.3) is 0 Å². The average molecular weight is 243 g/mol. The largest absolute Gasteiger partial charge is 0.381 e. The molecule has 1 atom stereocenters. The molecular weight excluding hydrogens is 223 g/mol. The molecule has 0 saturated carbocycles. The third-order valence-electron chi connectivity index (χ3n) is 2.96. The Bertz CT molecular complexity index is 151. The van der Waals surface area contributed by atoms with E-state index < -0.39 is 0 Å². The first-order valence-electron chi connectivity index (χ1n) is 4.93. The van der Waals surface area contributed by atoms with Gasteiger partial charge in [0, 0.05) is 38.4 Å². The van der Waals surface area contributed by atoms with Gasteiger partial charge in [-0.25, -0.2) is 0 Å². The Hall–Kier alpha value is 0.460. The van der Waals surface area contributed by atoms with Crippen LogP contribution >= 0.6 is 24.8 Å². The van der Waals surface area contributed by atoms with E-state index in [2.05, 4.69) is 4.90 Å². The number of ether oxygens (including phenoxy) is 1. The Morgan fingerprint density at radius 3 is 2.21 bits per heavy atom. The van der Waals surface area contributed by atoms with Crippen LogP contribution in [-0.4, -0.2) is 43.3 Å². The summed E-state index contributed by atoms with van der Waals surface area (Å²) in [7, 11) is 0. The SMILES string of the molecule is Cl.Cl.NC1CCN(C2CCOCC2)C1. The zero-order chi connectivity index (χ0) is 8.39. The number of hydrogen-bond donors (Lipinski definition) is 1. The molecule has 0 aromatic heterocycles. The van der Waals surface area contributed by atoms with E-state index in [1.807, 2.05) is 0 Å². The van der Waals surface area contributed by atoms with Crippen molar-refractivity contribution in [1.29, 1.82) is 0 Å². The molecule has 3 nitrogen and oxygen atoms in total. The highest BCUT2D eigenvalue weighted by Crippen LogP contribution is 2.18. The van der Waals surface area contributed by atoms with E-state index in [0.717, 1.165) is 25.8 Å². The molecule has 2 fully saturated rings. The molecule has 2 aliphatic rings. The summed E-state index contributed by atoms with van der Waals surface area (Å²) in [5.41, 5.74) is 5.86. The van der Waals surface area contributed by atoms with Crippen molar-refractivity contribution in [1.82, 2.24) is 4.90 Å². The van der Waals surface area contributed by atoms with Crippen LogP contribution in [-0.2, 0) is 4.74 Å². The molecule has 0 aliphatic carbocycles. The Morgan fingerprint density at radius 1 is 1.07 bits per heavy atom. The van der Waals surface area contributed by atoms with Crippen molar-refractivity contribution in [2.75, 3.05) is 26.3 Å². The van der Waals surface area contributed by atoms with Crippen LogP contribution in [0.3, 0.4) is 0 Å². The number of halogens is 2. The Labute approximate surface area is 98.2 Å². The molecule has 2 heterocycles. The zero-order valence-electron chi connectivity index (χ0n) is 8.35. The highest BCUT2D eigenvalue weighted by atomic mass is 35.5. The number of nitrogens with two attached hydrogens (primary N) is 1. The number of rotatable bonds is 1. The third kappa shape index (κ3) is 3.55. The first-order valence-corrected chi connectivity index (χ1v) is 4.93. The average Bonchev–Trinajstić information content (AvgIpc) is 2.54. The van der Waals surface area contributed by atoms with Crippen molar-refractivity contribution >= 4 is 24.8 Å². The standard InChI is InChI=1S/C9H18N2O.2ClH/c10-8-1-4-11(7-8)9-2-5-12-6-3-9;;/h8-9H,1-7,10H2;2*1H. The fraction of sp³-hybridized carbons (Fsp3) is 1.00. The molecule has 2 rings (SSSR count). The van der Waals surface area contributed by atoms with Crippen molar-refractivity contribution in [2.45, 2.75) is 31.3 Å². The van der Waals surface area contributed by atoms with Gasteiger partial charge in [0.1, 0.15) is 0 Å². The molecule has 5 heteroatoms. The predicted octanol–water partition coefficient (Wildman–Crippen LogP) is 1.04. The van der Waals surface area contributed by atoms with Crippen LogP contribution in [0, 0.1) is 0 Å². The van der Waals surface area contributed by atoms with E-state index in [1.165, 1.54) is 25.8 Å². The summed E-state index contributed by atoms with van der Waals surface area (Å²) in [4.78, 5) is 2.53. The van der Waals surface area contributed by atoms with Crippen LogP contribution in [0.2, 0.25) is 0 Å². The summed E-state index contributed by atoms with van der Waals surface area (Å²) in [5, 5.41) is 0. The molecule has 0 bridgehead atoms. The van der Waals surface area contributed by atoms with E-state index in [4.69, 9.17) is 10.5 Å². The maximum atomic E-state index is 5.86. The van der Waals surface area contributed by atoms with Crippen LogP contribution in [0.1, 0.15) is 19.3 Å². The van der Waals surface area contributed by atoms with Crippen molar-refractivity contribution in [3.05, 3.63) is 0 Å². The normalized spacial score (nSPS) is 29.4. The summed E-state index contributed by atoms with van der Waals surface area (Å²) in [5.74, 6) is 0. The van der Waals surface area contributed by atoms with Gasteiger partial charge >= 0.3 is 0 Å². The maximum absolute atomic E-state index is 5.86. The Balaban J connectivity index is 0.000000845. The van der Waals surface area contributed by atoms with Crippen LogP contribution in [0.25, 0.3) is 0 Å². The van der Waals surface area contributed by atoms with Crippen molar-refractivity contribution < 1.29 is 4.74 Å². The highest BCUT2D eigenvalue weighted by molar-refractivity contribution is 5.85. The van der Waals surface area contributed by atoms with Gasteiger partial charge in [-0.3, -0.25) is 4.90 Å². The number of hydrogen-bond acceptors (Lipinski definition) is 3.